The van der Waals surface area contributed by atoms with Crippen molar-refractivity contribution in [3.05, 3.63) is 29.6 Å². The number of halogens is 1. The third-order valence-corrected chi connectivity index (χ3v) is 1.48. The number of allylic oxidation sites excluding steroid dienone is 1. The summed E-state index contributed by atoms with van der Waals surface area (Å²) in [5.41, 5.74) is 1.48. The van der Waals surface area contributed by atoms with Gasteiger partial charge in [0.15, 0.2) is 0 Å². The molecule has 1 N–H and O–H groups in total. The molecule has 0 amide bonds. The molecule has 1 heterocycles. The molecule has 0 aliphatic rings. The monoisotopic (exact) mass is 186 g/mol. The van der Waals surface area contributed by atoms with E-state index >= 15 is 0 Å². The average molecular weight is 187 g/mol. The van der Waals surface area contributed by atoms with Crippen LogP contribution in [-0.4, -0.2) is 20.9 Å². The van der Waals surface area contributed by atoms with Crippen molar-refractivity contribution in [3.63, 3.8) is 0 Å². The van der Waals surface area contributed by atoms with Crippen LogP contribution in [0.5, 0.6) is 0 Å². The lowest BCUT2D eigenvalue weighted by Gasteiger charge is -1.98. The van der Waals surface area contributed by atoms with Crippen molar-refractivity contribution in [1.82, 2.24) is 9.78 Å². The first-order valence-electron chi connectivity index (χ1n) is 3.26. The molecule has 0 spiro atoms. The molecular weight excluding hydrogens is 180 g/mol. The zero-order chi connectivity index (χ0) is 8.97. The van der Waals surface area contributed by atoms with Crippen molar-refractivity contribution in [2.75, 3.05) is 0 Å². The average Bonchev–Trinajstić information content (AvgIpc) is 2.48. The van der Waals surface area contributed by atoms with E-state index in [1.807, 2.05) is 0 Å². The Bertz CT molecular complexity index is 306. The first kappa shape index (κ1) is 8.80. The van der Waals surface area contributed by atoms with Gasteiger partial charge in [0.2, 0.25) is 0 Å². The second-order valence-corrected chi connectivity index (χ2v) is 2.32. The number of rotatable bonds is 3. The SMILES string of the molecule is O=C(O)c1ccnn1C/C=C/Cl. The van der Waals surface area contributed by atoms with Crippen LogP contribution in [0.1, 0.15) is 10.5 Å². The molecule has 0 saturated carbocycles. The van der Waals surface area contributed by atoms with Gasteiger partial charge in [-0.3, -0.25) is 4.68 Å². The minimum Gasteiger partial charge on any atom is -0.477 e. The number of aromatic carboxylic acids is 1. The third-order valence-electron chi connectivity index (χ3n) is 1.30. The molecule has 0 fully saturated rings. The normalized spacial score (nSPS) is 10.8. The van der Waals surface area contributed by atoms with Crippen LogP contribution in [0.15, 0.2) is 23.9 Å². The lowest BCUT2D eigenvalue weighted by Crippen LogP contribution is -2.08. The molecule has 0 aliphatic heterocycles. The number of nitrogens with zero attached hydrogens (tertiary/aromatic N) is 2. The van der Waals surface area contributed by atoms with Crippen molar-refractivity contribution < 1.29 is 9.90 Å². The highest BCUT2D eigenvalue weighted by Crippen LogP contribution is 1.98. The Kier molecular flexibility index (Phi) is 2.88. The second-order valence-electron chi connectivity index (χ2n) is 2.07. The molecule has 4 nitrogen and oxygen atoms in total. The lowest BCUT2D eigenvalue weighted by atomic mass is 10.4. The van der Waals surface area contributed by atoms with Crippen molar-refractivity contribution in [2.24, 2.45) is 0 Å². The van der Waals surface area contributed by atoms with E-state index in [0.29, 0.717) is 6.54 Å². The fraction of sp³-hybridized carbons (Fsp3) is 0.143. The standard InChI is InChI=1S/C7H7ClN2O2/c8-3-1-5-10-6(7(11)12)2-4-9-10/h1-4H,5H2,(H,11,12)/b3-1+. The molecule has 0 radical (unpaired) electrons. The van der Waals surface area contributed by atoms with Crippen molar-refractivity contribution in [1.29, 1.82) is 0 Å². The van der Waals surface area contributed by atoms with Gasteiger partial charge in [0.25, 0.3) is 0 Å². The Morgan fingerprint density at radius 3 is 3.17 bits per heavy atom. The van der Waals surface area contributed by atoms with Crippen molar-refractivity contribution in [3.8, 4) is 0 Å². The fourth-order valence-electron chi connectivity index (χ4n) is 0.800. The summed E-state index contributed by atoms with van der Waals surface area (Å²) in [6.45, 7) is 0.373. The molecule has 0 aromatic carbocycles. The quantitative estimate of drug-likeness (QED) is 0.775. The molecule has 5 heteroatoms. The van der Waals surface area contributed by atoms with Gasteiger partial charge in [-0.25, -0.2) is 4.79 Å². The smallest absolute Gasteiger partial charge is 0.354 e. The minimum absolute atomic E-state index is 0.157. The topological polar surface area (TPSA) is 55.1 Å². The van der Waals surface area contributed by atoms with E-state index in [-0.39, 0.29) is 5.69 Å². The van der Waals surface area contributed by atoms with Crippen LogP contribution in [0.2, 0.25) is 0 Å². The zero-order valence-corrected chi connectivity index (χ0v) is 6.90. The lowest BCUT2D eigenvalue weighted by molar-refractivity contribution is 0.0684. The highest BCUT2D eigenvalue weighted by Gasteiger charge is 2.07. The Balaban J connectivity index is 2.84. The van der Waals surface area contributed by atoms with Crippen LogP contribution in [0.4, 0.5) is 0 Å². The third kappa shape index (κ3) is 1.85. The molecular formula is C7H7ClN2O2. The molecule has 0 aliphatic carbocycles. The maximum Gasteiger partial charge on any atom is 0.354 e. The summed E-state index contributed by atoms with van der Waals surface area (Å²) in [6.07, 6.45) is 3.05. The Hall–Kier alpha value is -1.29. The predicted octanol–water partition coefficient (Wildman–Crippen LogP) is 1.33. The van der Waals surface area contributed by atoms with E-state index < -0.39 is 5.97 Å². The number of carboxylic acids is 1. The van der Waals surface area contributed by atoms with Crippen LogP contribution in [0, 0.1) is 0 Å². The molecule has 64 valence electrons. The molecule has 12 heavy (non-hydrogen) atoms. The number of carboxylic acid groups (broad SMARTS) is 1. The molecule has 1 rings (SSSR count). The van der Waals surface area contributed by atoms with E-state index in [2.05, 4.69) is 5.10 Å². The fourth-order valence-corrected chi connectivity index (χ4v) is 0.879. The van der Waals surface area contributed by atoms with E-state index in [1.165, 1.54) is 22.5 Å². The summed E-state index contributed by atoms with van der Waals surface area (Å²) in [7, 11) is 0. The van der Waals surface area contributed by atoms with Gasteiger partial charge in [-0.15, -0.1) is 0 Å². The van der Waals surface area contributed by atoms with Gasteiger partial charge in [0, 0.05) is 11.7 Å². The molecule has 1 aromatic heterocycles. The van der Waals surface area contributed by atoms with Gasteiger partial charge in [0.1, 0.15) is 5.69 Å². The van der Waals surface area contributed by atoms with Gasteiger partial charge < -0.3 is 5.11 Å². The minimum atomic E-state index is -0.990. The van der Waals surface area contributed by atoms with Crippen LogP contribution < -0.4 is 0 Å². The van der Waals surface area contributed by atoms with Crippen LogP contribution >= 0.6 is 11.6 Å². The van der Waals surface area contributed by atoms with Gasteiger partial charge in [-0.2, -0.15) is 5.10 Å². The zero-order valence-electron chi connectivity index (χ0n) is 6.14. The maximum atomic E-state index is 10.5. The molecule has 0 saturated heterocycles. The molecule has 0 atom stereocenters. The van der Waals surface area contributed by atoms with Crippen molar-refractivity contribution >= 4 is 17.6 Å². The summed E-state index contributed by atoms with van der Waals surface area (Å²) in [6, 6.07) is 1.43. The van der Waals surface area contributed by atoms with Crippen LogP contribution in [-0.2, 0) is 6.54 Å². The van der Waals surface area contributed by atoms with Gasteiger partial charge >= 0.3 is 5.97 Å². The van der Waals surface area contributed by atoms with Crippen LogP contribution in [0.3, 0.4) is 0 Å². The molecule has 1 aromatic rings. The first-order valence-corrected chi connectivity index (χ1v) is 3.69. The Morgan fingerprint density at radius 1 is 1.83 bits per heavy atom. The van der Waals surface area contributed by atoms with E-state index in [9.17, 15) is 4.79 Å². The Labute approximate surface area is 74.1 Å². The largest absolute Gasteiger partial charge is 0.477 e. The van der Waals surface area contributed by atoms with E-state index in [1.54, 1.807) is 6.08 Å². The van der Waals surface area contributed by atoms with Gasteiger partial charge in [-0.05, 0) is 6.07 Å². The van der Waals surface area contributed by atoms with Gasteiger partial charge in [-0.1, -0.05) is 17.7 Å². The van der Waals surface area contributed by atoms with Crippen LogP contribution in [0.25, 0.3) is 0 Å². The highest BCUT2D eigenvalue weighted by atomic mass is 35.5. The summed E-state index contributed by atoms with van der Waals surface area (Å²) >= 11 is 5.28. The first-order chi connectivity index (χ1) is 5.75. The number of carbonyl (C=O) groups is 1. The highest BCUT2D eigenvalue weighted by molar-refractivity contribution is 6.25. The predicted molar refractivity (Wildman–Crippen MR) is 44.2 cm³/mol. The number of hydrogen-bond donors (Lipinski definition) is 1. The summed E-state index contributed by atoms with van der Waals surface area (Å²) in [5, 5.41) is 12.4. The Morgan fingerprint density at radius 2 is 2.58 bits per heavy atom. The number of hydrogen-bond acceptors (Lipinski definition) is 2. The summed E-state index contributed by atoms with van der Waals surface area (Å²) < 4.78 is 1.35. The van der Waals surface area contributed by atoms with E-state index in [0.717, 1.165) is 0 Å². The summed E-state index contributed by atoms with van der Waals surface area (Å²) in [4.78, 5) is 10.5. The molecule has 0 bridgehead atoms. The summed E-state index contributed by atoms with van der Waals surface area (Å²) in [5.74, 6) is -0.990. The second kappa shape index (κ2) is 3.92. The van der Waals surface area contributed by atoms with Gasteiger partial charge in [0.05, 0.1) is 6.54 Å². The number of aromatic nitrogens is 2. The van der Waals surface area contributed by atoms with Crippen molar-refractivity contribution in [2.45, 2.75) is 6.54 Å². The molecule has 0 unspecified atom stereocenters. The maximum absolute atomic E-state index is 10.5. The van der Waals surface area contributed by atoms with E-state index in [4.69, 9.17) is 16.7 Å².